The van der Waals surface area contributed by atoms with Crippen LogP contribution in [-0.2, 0) is 9.31 Å². The molecule has 0 unspecified atom stereocenters. The third-order valence-corrected chi connectivity index (χ3v) is 14.1. The zero-order chi connectivity index (χ0) is 47.0. The fourth-order valence-corrected chi connectivity index (χ4v) is 9.48. The van der Waals surface area contributed by atoms with Crippen molar-refractivity contribution < 1.29 is 9.31 Å². The standard InChI is InChI=1S/C66H53BO2/c1-65(2)66(3,4)69-67(68-65)64-32-16-31-60(45-64)56-27-15-30-59(41-56)63-43-61(57-28-12-22-51(38-57)49-35-33-48(34-36-49)46-17-7-5-8-18-46)42-62(44-63)58-29-14-26-55(40-58)54-25-13-24-53(39-54)52-23-11-21-50(37-52)47-19-9-6-10-20-47/h5-45H,1-4H3. The van der Waals surface area contributed by atoms with E-state index in [1.54, 1.807) is 0 Å². The van der Waals surface area contributed by atoms with E-state index >= 15 is 0 Å². The maximum absolute atomic E-state index is 6.46. The largest absolute Gasteiger partial charge is 0.494 e. The van der Waals surface area contributed by atoms with Gasteiger partial charge in [-0.05, 0) is 182 Å². The lowest BCUT2D eigenvalue weighted by molar-refractivity contribution is 0.00578. The lowest BCUT2D eigenvalue weighted by Gasteiger charge is -2.32. The second-order valence-electron chi connectivity index (χ2n) is 19.2. The van der Waals surface area contributed by atoms with Gasteiger partial charge in [0, 0.05) is 0 Å². The summed E-state index contributed by atoms with van der Waals surface area (Å²) >= 11 is 0. The quantitative estimate of drug-likeness (QED) is 0.127. The highest BCUT2D eigenvalue weighted by atomic mass is 16.7. The first kappa shape index (κ1) is 43.7. The number of rotatable bonds is 10. The van der Waals surface area contributed by atoms with Gasteiger partial charge in [0.2, 0.25) is 0 Å². The first-order chi connectivity index (χ1) is 33.6. The molecular weight excluding hydrogens is 836 g/mol. The van der Waals surface area contributed by atoms with E-state index in [4.69, 9.17) is 9.31 Å². The molecule has 10 aromatic carbocycles. The Balaban J connectivity index is 0.973. The van der Waals surface area contributed by atoms with Crippen LogP contribution in [0.1, 0.15) is 27.7 Å². The van der Waals surface area contributed by atoms with E-state index in [0.29, 0.717) is 0 Å². The van der Waals surface area contributed by atoms with Gasteiger partial charge < -0.3 is 9.31 Å². The van der Waals surface area contributed by atoms with Gasteiger partial charge >= 0.3 is 7.12 Å². The SMILES string of the molecule is CC1(C)OB(c2cccc(-c3cccc(-c4cc(-c5cccc(-c6ccc(-c7ccccc7)cc6)c5)cc(-c5cccc(-c6cccc(-c7cccc(-c8ccccc8)c7)c6)c5)c4)c3)c2)OC1(C)C. The molecule has 0 aromatic heterocycles. The van der Waals surface area contributed by atoms with Gasteiger partial charge in [-0.15, -0.1) is 0 Å². The van der Waals surface area contributed by atoms with Crippen LogP contribution in [0.25, 0.3) is 100 Å². The molecule has 0 radical (unpaired) electrons. The Hall–Kier alpha value is -7.82. The highest BCUT2D eigenvalue weighted by Crippen LogP contribution is 2.40. The van der Waals surface area contributed by atoms with Crippen LogP contribution in [0.4, 0.5) is 0 Å². The van der Waals surface area contributed by atoms with E-state index in [2.05, 4.69) is 276 Å². The maximum Gasteiger partial charge on any atom is 0.494 e. The molecule has 10 aromatic rings. The summed E-state index contributed by atoms with van der Waals surface area (Å²) in [7, 11) is -0.431. The van der Waals surface area contributed by atoms with Crippen molar-refractivity contribution in [2.45, 2.75) is 38.9 Å². The van der Waals surface area contributed by atoms with E-state index < -0.39 is 18.3 Å². The van der Waals surface area contributed by atoms with Gasteiger partial charge in [0.15, 0.2) is 0 Å². The van der Waals surface area contributed by atoms with E-state index in [1.165, 1.54) is 55.6 Å². The zero-order valence-electron chi connectivity index (χ0n) is 39.6. The second-order valence-corrected chi connectivity index (χ2v) is 19.2. The molecule has 3 heteroatoms. The monoisotopic (exact) mass is 888 g/mol. The third-order valence-electron chi connectivity index (χ3n) is 14.1. The van der Waals surface area contributed by atoms with Crippen molar-refractivity contribution >= 4 is 12.6 Å². The van der Waals surface area contributed by atoms with Crippen molar-refractivity contribution in [1.82, 2.24) is 0 Å². The van der Waals surface area contributed by atoms with Gasteiger partial charge in [0.05, 0.1) is 11.2 Å². The minimum Gasteiger partial charge on any atom is -0.399 e. The summed E-state index contributed by atoms with van der Waals surface area (Å²) in [4.78, 5) is 0. The third kappa shape index (κ3) is 9.16. The second kappa shape index (κ2) is 18.4. The van der Waals surface area contributed by atoms with Crippen molar-refractivity contribution in [2.75, 3.05) is 0 Å². The van der Waals surface area contributed by atoms with E-state index in [0.717, 1.165) is 50.0 Å². The molecule has 1 saturated heterocycles. The highest BCUT2D eigenvalue weighted by Gasteiger charge is 2.51. The molecule has 1 fully saturated rings. The molecule has 0 aliphatic carbocycles. The minimum absolute atomic E-state index is 0.415. The van der Waals surface area contributed by atoms with E-state index in [9.17, 15) is 0 Å². The van der Waals surface area contributed by atoms with E-state index in [-0.39, 0.29) is 0 Å². The number of hydrogen-bond donors (Lipinski definition) is 0. The fourth-order valence-electron chi connectivity index (χ4n) is 9.48. The Morgan fingerprint density at radius 1 is 0.217 bits per heavy atom. The van der Waals surface area contributed by atoms with Crippen LogP contribution in [0.15, 0.2) is 249 Å². The first-order valence-electron chi connectivity index (χ1n) is 24.0. The van der Waals surface area contributed by atoms with Crippen molar-refractivity contribution in [1.29, 1.82) is 0 Å². The average molecular weight is 889 g/mol. The van der Waals surface area contributed by atoms with Gasteiger partial charge in [0.1, 0.15) is 0 Å². The smallest absolute Gasteiger partial charge is 0.399 e. The zero-order valence-corrected chi connectivity index (χ0v) is 39.6. The van der Waals surface area contributed by atoms with Gasteiger partial charge in [-0.2, -0.15) is 0 Å². The highest BCUT2D eigenvalue weighted by molar-refractivity contribution is 6.62. The van der Waals surface area contributed by atoms with Gasteiger partial charge in [-0.1, -0.05) is 200 Å². The molecule has 0 saturated carbocycles. The van der Waals surface area contributed by atoms with Crippen molar-refractivity contribution in [2.24, 2.45) is 0 Å². The molecule has 0 spiro atoms. The summed E-state index contributed by atoms with van der Waals surface area (Å²) in [6.45, 7) is 8.40. The van der Waals surface area contributed by atoms with Crippen LogP contribution < -0.4 is 5.46 Å². The molecule has 0 amide bonds. The van der Waals surface area contributed by atoms with Crippen LogP contribution in [0.5, 0.6) is 0 Å². The van der Waals surface area contributed by atoms with Crippen LogP contribution in [0.3, 0.4) is 0 Å². The molecule has 2 nitrogen and oxygen atoms in total. The van der Waals surface area contributed by atoms with Crippen LogP contribution >= 0.6 is 0 Å². The van der Waals surface area contributed by atoms with Crippen LogP contribution in [0.2, 0.25) is 0 Å². The predicted molar refractivity (Wildman–Crippen MR) is 291 cm³/mol. The molecule has 0 N–H and O–H groups in total. The summed E-state index contributed by atoms with van der Waals surface area (Å²) in [6, 6.07) is 90.3. The fraction of sp³-hybridized carbons (Fsp3) is 0.0909. The summed E-state index contributed by atoms with van der Waals surface area (Å²) in [5.41, 5.74) is 21.3. The normalized spacial score (nSPS) is 13.9. The molecule has 0 atom stereocenters. The Labute approximate surface area is 407 Å². The Morgan fingerprint density at radius 2 is 0.435 bits per heavy atom. The Kier molecular flexibility index (Phi) is 11.6. The Morgan fingerprint density at radius 3 is 0.783 bits per heavy atom. The van der Waals surface area contributed by atoms with Crippen LogP contribution in [0, 0.1) is 0 Å². The summed E-state index contributed by atoms with van der Waals surface area (Å²) < 4.78 is 12.9. The summed E-state index contributed by atoms with van der Waals surface area (Å²) in [6.07, 6.45) is 0. The van der Waals surface area contributed by atoms with Crippen molar-refractivity contribution in [3.05, 3.63) is 249 Å². The molecule has 11 rings (SSSR count). The van der Waals surface area contributed by atoms with E-state index in [1.807, 2.05) is 0 Å². The van der Waals surface area contributed by atoms with Crippen LogP contribution in [-0.4, -0.2) is 18.3 Å². The summed E-state index contributed by atoms with van der Waals surface area (Å²) in [5, 5.41) is 0. The van der Waals surface area contributed by atoms with Crippen molar-refractivity contribution in [3.8, 4) is 100 Å². The summed E-state index contributed by atoms with van der Waals surface area (Å²) in [5.74, 6) is 0. The topological polar surface area (TPSA) is 18.5 Å². The molecule has 1 heterocycles. The molecule has 1 aliphatic heterocycles. The lowest BCUT2D eigenvalue weighted by atomic mass is 9.78. The first-order valence-corrected chi connectivity index (χ1v) is 24.0. The molecule has 69 heavy (non-hydrogen) atoms. The maximum atomic E-state index is 6.46. The minimum atomic E-state index is -0.431. The predicted octanol–water partition coefficient (Wildman–Crippen LogP) is 17.0. The molecule has 1 aliphatic rings. The number of benzene rings is 10. The van der Waals surface area contributed by atoms with Gasteiger partial charge in [-0.3, -0.25) is 0 Å². The average Bonchev–Trinajstić information content (AvgIpc) is 3.64. The van der Waals surface area contributed by atoms with Gasteiger partial charge in [0.25, 0.3) is 0 Å². The number of hydrogen-bond acceptors (Lipinski definition) is 2. The Bertz CT molecular complexity index is 3430. The molecule has 0 bridgehead atoms. The van der Waals surface area contributed by atoms with Gasteiger partial charge in [-0.25, -0.2) is 0 Å². The lowest BCUT2D eigenvalue weighted by Crippen LogP contribution is -2.41. The van der Waals surface area contributed by atoms with Crippen molar-refractivity contribution in [3.63, 3.8) is 0 Å². The molecule has 332 valence electrons. The molecular formula is C66H53BO2.